The fourth-order valence-electron chi connectivity index (χ4n) is 1.72. The number of methoxy groups -OCH3 is 1. The van der Waals surface area contributed by atoms with Crippen molar-refractivity contribution in [2.24, 2.45) is 5.92 Å². The molecule has 0 spiro atoms. The molecule has 17 heavy (non-hydrogen) atoms. The van der Waals surface area contributed by atoms with Gasteiger partial charge in [0.15, 0.2) is 5.78 Å². The van der Waals surface area contributed by atoms with Crippen molar-refractivity contribution in [3.05, 3.63) is 22.7 Å². The van der Waals surface area contributed by atoms with Gasteiger partial charge >= 0.3 is 0 Å². The molecule has 0 radical (unpaired) electrons. The Balaban J connectivity index is 2.71. The molecule has 0 aromatic rings. The lowest BCUT2D eigenvalue weighted by Gasteiger charge is -2.29. The van der Waals surface area contributed by atoms with Crippen LogP contribution < -0.4 is 0 Å². The van der Waals surface area contributed by atoms with Gasteiger partial charge in [-0.2, -0.15) is 0 Å². The van der Waals surface area contributed by atoms with Crippen molar-refractivity contribution in [2.75, 3.05) is 7.11 Å². The minimum Gasteiger partial charge on any atom is -0.393 e. The summed E-state index contributed by atoms with van der Waals surface area (Å²) in [5.41, 5.74) is -0.581. The highest BCUT2D eigenvalue weighted by atomic mass is 79.9. The second-order valence-electron chi connectivity index (χ2n) is 4.70. The van der Waals surface area contributed by atoms with E-state index in [9.17, 15) is 9.90 Å². The van der Waals surface area contributed by atoms with Crippen molar-refractivity contribution in [3.8, 4) is 0 Å². The van der Waals surface area contributed by atoms with E-state index in [0.717, 1.165) is 0 Å². The van der Waals surface area contributed by atoms with Crippen LogP contribution in [0.25, 0.3) is 0 Å². The molecule has 0 fully saturated rings. The summed E-state index contributed by atoms with van der Waals surface area (Å²) in [6.07, 6.45) is 5.98. The zero-order chi connectivity index (χ0) is 13.1. The van der Waals surface area contributed by atoms with Crippen LogP contribution in [-0.4, -0.2) is 29.7 Å². The van der Waals surface area contributed by atoms with E-state index in [0.29, 0.717) is 17.3 Å². The molecule has 0 saturated carbocycles. The smallest absolute Gasteiger partial charge is 0.192 e. The number of aliphatic hydroxyl groups excluding tert-OH is 1. The Bertz CT molecular complexity index is 347. The number of halogens is 1. The summed E-state index contributed by atoms with van der Waals surface area (Å²) >= 11 is 3.22. The quantitative estimate of drug-likeness (QED) is 0.849. The van der Waals surface area contributed by atoms with Gasteiger partial charge in [-0.1, -0.05) is 13.8 Å². The molecule has 96 valence electrons. The standard InChI is InChI=1S/C13H19BrO3/c1-9(2)11(15)4-6-13(17-3)7-5-12(16)10(14)8-13/h5,7-9,11,15H,4,6H2,1-3H3. The zero-order valence-electron chi connectivity index (χ0n) is 10.4. The number of aliphatic hydroxyl groups is 1. The second kappa shape index (κ2) is 5.94. The van der Waals surface area contributed by atoms with Crippen LogP contribution in [0.3, 0.4) is 0 Å². The molecular formula is C13H19BrO3. The van der Waals surface area contributed by atoms with Crippen molar-refractivity contribution >= 4 is 21.7 Å². The van der Waals surface area contributed by atoms with Crippen molar-refractivity contribution in [2.45, 2.75) is 38.4 Å². The van der Waals surface area contributed by atoms with Gasteiger partial charge in [0, 0.05) is 7.11 Å². The summed E-state index contributed by atoms with van der Waals surface area (Å²) in [5, 5.41) is 9.81. The van der Waals surface area contributed by atoms with E-state index in [4.69, 9.17) is 4.74 Å². The number of ether oxygens (including phenoxy) is 1. The minimum absolute atomic E-state index is 0.0536. The van der Waals surface area contributed by atoms with Crippen molar-refractivity contribution in [1.29, 1.82) is 0 Å². The monoisotopic (exact) mass is 302 g/mol. The highest BCUT2D eigenvalue weighted by Gasteiger charge is 2.30. The van der Waals surface area contributed by atoms with Gasteiger partial charge in [-0.25, -0.2) is 0 Å². The summed E-state index contributed by atoms with van der Waals surface area (Å²) in [5.74, 6) is 0.174. The molecule has 0 aromatic heterocycles. The Morgan fingerprint density at radius 1 is 1.53 bits per heavy atom. The Morgan fingerprint density at radius 3 is 2.65 bits per heavy atom. The van der Waals surface area contributed by atoms with E-state index >= 15 is 0 Å². The third kappa shape index (κ3) is 3.76. The van der Waals surface area contributed by atoms with Crippen LogP contribution in [-0.2, 0) is 9.53 Å². The molecule has 2 atom stereocenters. The minimum atomic E-state index is -0.581. The van der Waals surface area contributed by atoms with E-state index in [1.807, 2.05) is 13.8 Å². The van der Waals surface area contributed by atoms with Crippen LogP contribution in [0.1, 0.15) is 26.7 Å². The normalized spacial score (nSPS) is 26.2. The molecule has 4 heteroatoms. The summed E-state index contributed by atoms with van der Waals surface area (Å²) < 4.78 is 5.99. The van der Waals surface area contributed by atoms with Gasteiger partial charge in [0.1, 0.15) is 5.60 Å². The first kappa shape index (κ1) is 14.6. The van der Waals surface area contributed by atoms with E-state index in [2.05, 4.69) is 15.9 Å². The van der Waals surface area contributed by atoms with Gasteiger partial charge in [-0.15, -0.1) is 0 Å². The van der Waals surface area contributed by atoms with E-state index in [1.165, 1.54) is 6.08 Å². The van der Waals surface area contributed by atoms with Gasteiger partial charge in [0.25, 0.3) is 0 Å². The van der Waals surface area contributed by atoms with E-state index < -0.39 is 5.60 Å². The third-order valence-corrected chi connectivity index (χ3v) is 3.72. The maximum absolute atomic E-state index is 11.3. The summed E-state index contributed by atoms with van der Waals surface area (Å²) in [7, 11) is 1.61. The Kier molecular flexibility index (Phi) is 5.10. The molecule has 1 rings (SSSR count). The van der Waals surface area contributed by atoms with Crippen LogP contribution in [0.5, 0.6) is 0 Å². The number of carbonyl (C=O) groups excluding carboxylic acids is 1. The number of hydrogen-bond donors (Lipinski definition) is 1. The molecule has 0 amide bonds. The van der Waals surface area contributed by atoms with Gasteiger partial charge in [0.2, 0.25) is 0 Å². The molecule has 1 N–H and O–H groups in total. The van der Waals surface area contributed by atoms with Crippen molar-refractivity contribution in [3.63, 3.8) is 0 Å². The number of allylic oxidation sites excluding steroid dienone is 2. The lowest BCUT2D eigenvalue weighted by molar-refractivity contribution is -0.111. The topological polar surface area (TPSA) is 46.5 Å². The fourth-order valence-corrected chi connectivity index (χ4v) is 2.24. The molecule has 0 aliphatic heterocycles. The first-order valence-electron chi connectivity index (χ1n) is 5.75. The van der Waals surface area contributed by atoms with Crippen LogP contribution in [0.4, 0.5) is 0 Å². The predicted octanol–water partition coefficient (Wildman–Crippen LogP) is 2.59. The molecule has 3 nitrogen and oxygen atoms in total. The van der Waals surface area contributed by atoms with Crippen LogP contribution in [0.2, 0.25) is 0 Å². The first-order valence-corrected chi connectivity index (χ1v) is 6.54. The van der Waals surface area contributed by atoms with Gasteiger partial charge < -0.3 is 9.84 Å². The zero-order valence-corrected chi connectivity index (χ0v) is 12.0. The Labute approximate surface area is 111 Å². The number of hydrogen-bond acceptors (Lipinski definition) is 3. The van der Waals surface area contributed by atoms with Crippen LogP contribution in [0.15, 0.2) is 22.7 Å². The number of ketones is 1. The molecular weight excluding hydrogens is 284 g/mol. The van der Waals surface area contributed by atoms with Crippen molar-refractivity contribution in [1.82, 2.24) is 0 Å². The molecule has 0 bridgehead atoms. The van der Waals surface area contributed by atoms with E-state index in [-0.39, 0.29) is 17.8 Å². The average molecular weight is 303 g/mol. The lowest BCUT2D eigenvalue weighted by Crippen LogP contribution is -2.31. The first-order chi connectivity index (χ1) is 7.90. The second-order valence-corrected chi connectivity index (χ2v) is 5.55. The molecule has 1 aliphatic rings. The maximum Gasteiger partial charge on any atom is 0.192 e. The van der Waals surface area contributed by atoms with Crippen molar-refractivity contribution < 1.29 is 14.6 Å². The fraction of sp³-hybridized carbons (Fsp3) is 0.615. The summed E-state index contributed by atoms with van der Waals surface area (Å²) in [6.45, 7) is 3.96. The number of carbonyl (C=O) groups is 1. The molecule has 0 aromatic carbocycles. The van der Waals surface area contributed by atoms with Crippen LogP contribution >= 0.6 is 15.9 Å². The maximum atomic E-state index is 11.3. The summed E-state index contributed by atoms with van der Waals surface area (Å²) in [4.78, 5) is 11.3. The predicted molar refractivity (Wildman–Crippen MR) is 71.0 cm³/mol. The third-order valence-electron chi connectivity index (χ3n) is 3.10. The Hall–Kier alpha value is -0.450. The van der Waals surface area contributed by atoms with Gasteiger partial charge in [-0.05, 0) is 52.9 Å². The Morgan fingerprint density at radius 2 is 2.18 bits per heavy atom. The van der Waals surface area contributed by atoms with Gasteiger partial charge in [0.05, 0.1) is 10.6 Å². The molecule has 0 heterocycles. The largest absolute Gasteiger partial charge is 0.393 e. The molecule has 1 aliphatic carbocycles. The van der Waals surface area contributed by atoms with Crippen LogP contribution in [0, 0.1) is 5.92 Å². The number of rotatable bonds is 5. The van der Waals surface area contributed by atoms with Gasteiger partial charge in [-0.3, -0.25) is 4.79 Å². The highest BCUT2D eigenvalue weighted by Crippen LogP contribution is 2.30. The average Bonchev–Trinajstić information content (AvgIpc) is 2.30. The molecule has 0 saturated heterocycles. The SMILES string of the molecule is COC1(CCC(O)C(C)C)C=CC(=O)C(Br)=C1. The molecule has 2 unspecified atom stereocenters. The summed E-state index contributed by atoms with van der Waals surface area (Å²) in [6, 6.07) is 0. The van der Waals surface area contributed by atoms with E-state index in [1.54, 1.807) is 19.3 Å². The highest BCUT2D eigenvalue weighted by molar-refractivity contribution is 9.12. The lowest BCUT2D eigenvalue weighted by atomic mass is 9.89.